The van der Waals surface area contributed by atoms with Crippen LogP contribution in [-0.4, -0.2) is 11.3 Å². The summed E-state index contributed by atoms with van der Waals surface area (Å²) < 4.78 is 0. The van der Waals surface area contributed by atoms with Crippen molar-refractivity contribution in [1.29, 1.82) is 0 Å². The van der Waals surface area contributed by atoms with Crippen LogP contribution in [0.2, 0.25) is 0 Å². The zero-order valence-electron chi connectivity index (χ0n) is 7.44. The molecule has 1 aromatic carbocycles. The molecule has 1 atom stereocenters. The van der Waals surface area contributed by atoms with Gasteiger partial charge in [0.05, 0.1) is 0 Å². The van der Waals surface area contributed by atoms with Crippen molar-refractivity contribution in [3.05, 3.63) is 36.0 Å². The molecule has 0 radical (unpaired) electrons. The Labute approximate surface area is 87.7 Å². The van der Waals surface area contributed by atoms with Gasteiger partial charge in [-0.05, 0) is 17.5 Å². The molecule has 0 aliphatic heterocycles. The van der Waals surface area contributed by atoms with Gasteiger partial charge < -0.3 is 15.5 Å². The number of aromatic nitrogens is 1. The van der Waals surface area contributed by atoms with Gasteiger partial charge in [0.2, 0.25) is 0 Å². The van der Waals surface area contributed by atoms with Gasteiger partial charge in [-0.1, -0.05) is 18.2 Å². The third-order valence-electron chi connectivity index (χ3n) is 2.06. The number of carbonyl (C=O) groups excluding carboxylic acids is 1. The van der Waals surface area contributed by atoms with Crippen LogP contribution in [0.25, 0.3) is 10.9 Å². The molecule has 0 saturated heterocycles. The molecule has 0 fully saturated rings. The number of hydrogen-bond donors (Lipinski definition) is 2. The van der Waals surface area contributed by atoms with Gasteiger partial charge in [0.1, 0.15) is 12.3 Å². The molecular formula is C10H11ClN2O. The fraction of sp³-hybridized carbons (Fsp3) is 0.100. The predicted molar refractivity (Wildman–Crippen MR) is 58.5 cm³/mol. The molecule has 4 heteroatoms. The molecule has 1 unspecified atom stereocenters. The Morgan fingerprint density at radius 2 is 2.07 bits per heavy atom. The zero-order valence-corrected chi connectivity index (χ0v) is 8.25. The number of aldehydes is 1. The molecular weight excluding hydrogens is 200 g/mol. The lowest BCUT2D eigenvalue weighted by Crippen LogP contribution is -2.11. The predicted octanol–water partition coefficient (Wildman–Crippen LogP) is 1.79. The molecule has 2 rings (SSSR count). The van der Waals surface area contributed by atoms with Crippen molar-refractivity contribution in [1.82, 2.24) is 4.98 Å². The van der Waals surface area contributed by atoms with Crippen LogP contribution < -0.4 is 5.73 Å². The third-order valence-corrected chi connectivity index (χ3v) is 2.06. The van der Waals surface area contributed by atoms with E-state index in [1.807, 2.05) is 30.3 Å². The van der Waals surface area contributed by atoms with Crippen LogP contribution in [0.15, 0.2) is 30.3 Å². The highest BCUT2D eigenvalue weighted by molar-refractivity contribution is 5.85. The van der Waals surface area contributed by atoms with Crippen molar-refractivity contribution in [3.8, 4) is 0 Å². The first-order valence-electron chi connectivity index (χ1n) is 4.10. The Kier molecular flexibility index (Phi) is 3.28. The molecule has 1 heterocycles. The molecule has 3 N–H and O–H groups in total. The van der Waals surface area contributed by atoms with E-state index in [-0.39, 0.29) is 12.4 Å². The third kappa shape index (κ3) is 1.78. The number of aromatic amines is 1. The second kappa shape index (κ2) is 4.26. The maximum atomic E-state index is 10.4. The Morgan fingerprint density at radius 3 is 2.71 bits per heavy atom. The van der Waals surface area contributed by atoms with Crippen LogP contribution >= 0.6 is 12.4 Å². The topological polar surface area (TPSA) is 58.9 Å². The highest BCUT2D eigenvalue weighted by Gasteiger charge is 2.06. The molecule has 0 spiro atoms. The highest BCUT2D eigenvalue weighted by atomic mass is 35.5. The summed E-state index contributed by atoms with van der Waals surface area (Å²) in [5.74, 6) is 0. The molecule has 3 nitrogen and oxygen atoms in total. The summed E-state index contributed by atoms with van der Waals surface area (Å²) in [5, 5.41) is 1.08. The van der Waals surface area contributed by atoms with Gasteiger partial charge in [-0.25, -0.2) is 0 Å². The van der Waals surface area contributed by atoms with Gasteiger partial charge in [0, 0.05) is 11.2 Å². The highest BCUT2D eigenvalue weighted by Crippen LogP contribution is 2.17. The SMILES string of the molecule is Cl.NC(C=O)c1cc2ccccc2[nH]1. The molecule has 1 aromatic heterocycles. The Morgan fingerprint density at radius 1 is 1.36 bits per heavy atom. The van der Waals surface area contributed by atoms with Crippen LogP contribution in [0.3, 0.4) is 0 Å². The number of hydrogen-bond acceptors (Lipinski definition) is 2. The van der Waals surface area contributed by atoms with E-state index in [0.29, 0.717) is 0 Å². The average Bonchev–Trinajstić information content (AvgIpc) is 2.59. The number of benzene rings is 1. The number of halogens is 1. The van der Waals surface area contributed by atoms with Gasteiger partial charge in [0.15, 0.2) is 0 Å². The molecule has 2 aromatic rings. The van der Waals surface area contributed by atoms with E-state index >= 15 is 0 Å². The van der Waals surface area contributed by atoms with Crippen molar-refractivity contribution < 1.29 is 4.79 Å². The minimum Gasteiger partial charge on any atom is -0.357 e. The summed E-state index contributed by atoms with van der Waals surface area (Å²) in [4.78, 5) is 13.5. The van der Waals surface area contributed by atoms with Gasteiger partial charge >= 0.3 is 0 Å². The van der Waals surface area contributed by atoms with Crippen molar-refractivity contribution in [2.75, 3.05) is 0 Å². The number of nitrogens with two attached hydrogens (primary N) is 1. The molecule has 0 bridgehead atoms. The molecule has 14 heavy (non-hydrogen) atoms. The monoisotopic (exact) mass is 210 g/mol. The number of rotatable bonds is 2. The van der Waals surface area contributed by atoms with Crippen LogP contribution in [0, 0.1) is 0 Å². The Bertz CT molecular complexity index is 405. The van der Waals surface area contributed by atoms with Crippen molar-refractivity contribution in [3.63, 3.8) is 0 Å². The van der Waals surface area contributed by atoms with Crippen LogP contribution in [0.1, 0.15) is 11.7 Å². The van der Waals surface area contributed by atoms with Gasteiger partial charge in [0.25, 0.3) is 0 Å². The van der Waals surface area contributed by atoms with E-state index in [2.05, 4.69) is 4.98 Å². The summed E-state index contributed by atoms with van der Waals surface area (Å²) >= 11 is 0. The van der Waals surface area contributed by atoms with Crippen molar-refractivity contribution in [2.45, 2.75) is 6.04 Å². The number of para-hydroxylation sites is 1. The fourth-order valence-electron chi connectivity index (χ4n) is 1.35. The van der Waals surface area contributed by atoms with E-state index in [9.17, 15) is 4.79 Å². The van der Waals surface area contributed by atoms with Gasteiger partial charge in [-0.3, -0.25) is 0 Å². The number of fused-ring (bicyclic) bond motifs is 1. The molecule has 74 valence electrons. The lowest BCUT2D eigenvalue weighted by atomic mass is 10.2. The average molecular weight is 211 g/mol. The molecule has 0 amide bonds. The first-order chi connectivity index (χ1) is 6.31. The zero-order chi connectivity index (χ0) is 9.26. The minimum atomic E-state index is -0.549. The van der Waals surface area contributed by atoms with E-state index < -0.39 is 6.04 Å². The maximum absolute atomic E-state index is 10.4. The lowest BCUT2D eigenvalue weighted by molar-refractivity contribution is -0.109. The van der Waals surface area contributed by atoms with E-state index in [0.717, 1.165) is 22.9 Å². The second-order valence-electron chi connectivity index (χ2n) is 2.97. The summed E-state index contributed by atoms with van der Waals surface area (Å²) in [6.45, 7) is 0. The first-order valence-corrected chi connectivity index (χ1v) is 4.10. The number of carbonyl (C=O) groups is 1. The summed E-state index contributed by atoms with van der Waals surface area (Å²) in [6, 6.07) is 9.17. The summed E-state index contributed by atoms with van der Waals surface area (Å²) in [7, 11) is 0. The Balaban J connectivity index is 0.000000980. The van der Waals surface area contributed by atoms with Crippen LogP contribution in [-0.2, 0) is 4.79 Å². The maximum Gasteiger partial charge on any atom is 0.142 e. The second-order valence-corrected chi connectivity index (χ2v) is 2.97. The Hall–Kier alpha value is -1.32. The largest absolute Gasteiger partial charge is 0.357 e. The smallest absolute Gasteiger partial charge is 0.142 e. The van der Waals surface area contributed by atoms with Gasteiger partial charge in [-0.2, -0.15) is 0 Å². The fourth-order valence-corrected chi connectivity index (χ4v) is 1.35. The van der Waals surface area contributed by atoms with Crippen LogP contribution in [0.5, 0.6) is 0 Å². The molecule has 0 aliphatic carbocycles. The van der Waals surface area contributed by atoms with Crippen molar-refractivity contribution in [2.24, 2.45) is 5.73 Å². The summed E-state index contributed by atoms with van der Waals surface area (Å²) in [6.07, 6.45) is 0.727. The number of H-pyrrole nitrogens is 1. The lowest BCUT2D eigenvalue weighted by Gasteiger charge is -1.97. The normalized spacial score (nSPS) is 12.1. The van der Waals surface area contributed by atoms with E-state index in [1.165, 1.54) is 0 Å². The van der Waals surface area contributed by atoms with Gasteiger partial charge in [-0.15, -0.1) is 12.4 Å². The molecule has 0 saturated carbocycles. The van der Waals surface area contributed by atoms with Crippen molar-refractivity contribution >= 4 is 29.6 Å². The van der Waals surface area contributed by atoms with E-state index in [1.54, 1.807) is 0 Å². The number of nitrogens with one attached hydrogen (secondary N) is 1. The first kappa shape index (κ1) is 10.8. The molecule has 0 aliphatic rings. The summed E-state index contributed by atoms with van der Waals surface area (Å²) in [5.41, 5.74) is 7.33. The minimum absolute atomic E-state index is 0. The van der Waals surface area contributed by atoms with Crippen LogP contribution in [0.4, 0.5) is 0 Å². The standard InChI is InChI=1S/C10H10N2O.ClH/c11-8(6-13)10-5-7-3-1-2-4-9(7)12-10;/h1-6,8,12H,11H2;1H. The quantitative estimate of drug-likeness (QED) is 0.743. The van der Waals surface area contributed by atoms with E-state index in [4.69, 9.17) is 5.73 Å².